The van der Waals surface area contributed by atoms with Crippen LogP contribution in [-0.2, 0) is 20.9 Å². The van der Waals surface area contributed by atoms with E-state index in [1.165, 1.54) is 4.90 Å². The molecule has 0 atom stereocenters. The number of amides is 2. The molecule has 0 unspecified atom stereocenters. The summed E-state index contributed by atoms with van der Waals surface area (Å²) >= 11 is 0. The summed E-state index contributed by atoms with van der Waals surface area (Å²) in [6.07, 6.45) is 0. The fraction of sp³-hybridized carbons (Fsp3) is 0.385. The van der Waals surface area contributed by atoms with Crippen LogP contribution in [0, 0.1) is 0 Å². The second-order valence-electron chi connectivity index (χ2n) is 4.06. The van der Waals surface area contributed by atoms with E-state index in [0.29, 0.717) is 5.69 Å². The molecule has 2 amide bonds. The van der Waals surface area contributed by atoms with Crippen LogP contribution in [0.25, 0.3) is 0 Å². The number of imide groups is 1. The Balaban J connectivity index is 2.12. The summed E-state index contributed by atoms with van der Waals surface area (Å²) in [5, 5.41) is 3.21. The van der Waals surface area contributed by atoms with Gasteiger partial charge in [0.15, 0.2) is 0 Å². The Hall–Kier alpha value is -1.72. The smallest absolute Gasteiger partial charge is 0.259 e. The van der Waals surface area contributed by atoms with E-state index >= 15 is 0 Å². The van der Waals surface area contributed by atoms with Crippen molar-refractivity contribution >= 4 is 17.5 Å². The van der Waals surface area contributed by atoms with Gasteiger partial charge in [-0.05, 0) is 24.2 Å². The summed E-state index contributed by atoms with van der Waals surface area (Å²) in [6, 6.07) is 7.39. The lowest BCUT2D eigenvalue weighted by molar-refractivity contribution is -0.138. The number of nitrogens with zero attached hydrogens (tertiary/aromatic N) is 1. The van der Waals surface area contributed by atoms with Crippen molar-refractivity contribution in [3.8, 4) is 0 Å². The monoisotopic (exact) mass is 248 g/mol. The zero-order chi connectivity index (χ0) is 13.0. The van der Waals surface area contributed by atoms with Gasteiger partial charge in [-0.1, -0.05) is 19.1 Å². The normalized spacial score (nSPS) is 16.2. The van der Waals surface area contributed by atoms with E-state index in [0.717, 1.165) is 18.7 Å². The first-order valence-corrected chi connectivity index (χ1v) is 5.95. The summed E-state index contributed by atoms with van der Waals surface area (Å²) in [5.74, 6) is -0.628. The molecule has 1 aromatic rings. The van der Waals surface area contributed by atoms with Crippen molar-refractivity contribution in [1.82, 2.24) is 5.32 Å². The van der Waals surface area contributed by atoms with Gasteiger partial charge in [0.2, 0.25) is 0 Å². The van der Waals surface area contributed by atoms with Crippen molar-refractivity contribution in [1.29, 1.82) is 0 Å². The van der Waals surface area contributed by atoms with Crippen LogP contribution in [0.2, 0.25) is 0 Å². The minimum atomic E-state index is -0.314. The van der Waals surface area contributed by atoms with E-state index in [1.807, 2.05) is 19.1 Å². The lowest BCUT2D eigenvalue weighted by atomic mass is 10.2. The molecular weight excluding hydrogens is 232 g/mol. The number of hydrogen-bond donors (Lipinski definition) is 1. The van der Waals surface area contributed by atoms with Crippen LogP contribution >= 0.6 is 0 Å². The number of hydrogen-bond acceptors (Lipinski definition) is 4. The highest BCUT2D eigenvalue weighted by Gasteiger charge is 2.27. The van der Waals surface area contributed by atoms with Gasteiger partial charge in [-0.15, -0.1) is 0 Å². The second kappa shape index (κ2) is 5.75. The quantitative estimate of drug-likeness (QED) is 0.796. The zero-order valence-corrected chi connectivity index (χ0v) is 10.3. The molecule has 0 radical (unpaired) electrons. The van der Waals surface area contributed by atoms with Gasteiger partial charge in [-0.3, -0.25) is 9.59 Å². The lowest BCUT2D eigenvalue weighted by Gasteiger charge is -2.25. The van der Waals surface area contributed by atoms with Crippen molar-refractivity contribution in [3.63, 3.8) is 0 Å². The van der Waals surface area contributed by atoms with Crippen LogP contribution < -0.4 is 10.2 Å². The van der Waals surface area contributed by atoms with Gasteiger partial charge in [0.05, 0.1) is 5.69 Å². The van der Waals surface area contributed by atoms with Gasteiger partial charge < -0.3 is 10.1 Å². The molecule has 1 saturated heterocycles. The van der Waals surface area contributed by atoms with Crippen molar-refractivity contribution in [2.45, 2.75) is 13.5 Å². The zero-order valence-electron chi connectivity index (χ0n) is 10.3. The maximum atomic E-state index is 11.6. The molecule has 0 saturated carbocycles. The first-order valence-electron chi connectivity index (χ1n) is 5.95. The first kappa shape index (κ1) is 12.7. The van der Waals surface area contributed by atoms with E-state index in [9.17, 15) is 9.59 Å². The molecule has 1 fully saturated rings. The van der Waals surface area contributed by atoms with Crippen molar-refractivity contribution < 1.29 is 14.3 Å². The van der Waals surface area contributed by atoms with E-state index in [1.54, 1.807) is 12.1 Å². The van der Waals surface area contributed by atoms with E-state index in [-0.39, 0.29) is 25.0 Å². The highest BCUT2D eigenvalue weighted by Crippen LogP contribution is 2.18. The summed E-state index contributed by atoms with van der Waals surface area (Å²) in [6.45, 7) is 3.65. The summed E-state index contributed by atoms with van der Waals surface area (Å²) in [5.41, 5.74) is 1.72. The molecule has 5 heteroatoms. The average Bonchev–Trinajstić information content (AvgIpc) is 2.37. The molecule has 0 aliphatic carbocycles. The Morgan fingerprint density at radius 3 is 2.33 bits per heavy atom. The van der Waals surface area contributed by atoms with Gasteiger partial charge in [0.25, 0.3) is 11.8 Å². The van der Waals surface area contributed by atoms with Crippen LogP contribution in [0.3, 0.4) is 0 Å². The Morgan fingerprint density at radius 2 is 1.78 bits per heavy atom. The maximum absolute atomic E-state index is 11.6. The van der Waals surface area contributed by atoms with E-state index < -0.39 is 0 Å². The molecule has 18 heavy (non-hydrogen) atoms. The second-order valence-corrected chi connectivity index (χ2v) is 4.06. The van der Waals surface area contributed by atoms with Crippen molar-refractivity contribution in [2.24, 2.45) is 0 Å². The molecule has 1 N–H and O–H groups in total. The molecule has 0 spiro atoms. The molecule has 1 aromatic carbocycles. The fourth-order valence-corrected chi connectivity index (χ4v) is 1.81. The molecule has 0 aromatic heterocycles. The Morgan fingerprint density at radius 1 is 1.17 bits per heavy atom. The summed E-state index contributed by atoms with van der Waals surface area (Å²) < 4.78 is 4.87. The highest BCUT2D eigenvalue weighted by molar-refractivity contribution is 6.16. The number of anilines is 1. The first-order chi connectivity index (χ1) is 8.72. The van der Waals surface area contributed by atoms with Crippen LogP contribution in [0.15, 0.2) is 24.3 Å². The fourth-order valence-electron chi connectivity index (χ4n) is 1.81. The minimum absolute atomic E-state index is 0.0368. The van der Waals surface area contributed by atoms with Crippen LogP contribution in [0.5, 0.6) is 0 Å². The molecular formula is C13H16N2O3. The number of rotatable bonds is 4. The summed E-state index contributed by atoms with van der Waals surface area (Å²) in [7, 11) is 0. The average molecular weight is 248 g/mol. The van der Waals surface area contributed by atoms with Crippen LogP contribution in [-0.4, -0.2) is 31.6 Å². The Kier molecular flexibility index (Phi) is 4.07. The van der Waals surface area contributed by atoms with Crippen LogP contribution in [0.1, 0.15) is 12.5 Å². The van der Waals surface area contributed by atoms with Gasteiger partial charge in [0, 0.05) is 6.54 Å². The molecule has 1 aliphatic heterocycles. The number of benzene rings is 1. The lowest BCUT2D eigenvalue weighted by Crippen LogP contribution is -2.46. The topological polar surface area (TPSA) is 58.6 Å². The predicted molar refractivity (Wildman–Crippen MR) is 67.1 cm³/mol. The van der Waals surface area contributed by atoms with Crippen molar-refractivity contribution in [3.05, 3.63) is 29.8 Å². The Bertz CT molecular complexity index is 426. The molecule has 1 heterocycles. The number of nitrogens with one attached hydrogen (secondary N) is 1. The largest absolute Gasteiger partial charge is 0.362 e. The third kappa shape index (κ3) is 2.75. The van der Waals surface area contributed by atoms with Gasteiger partial charge in [-0.25, -0.2) is 4.90 Å². The Labute approximate surface area is 106 Å². The molecule has 5 nitrogen and oxygen atoms in total. The number of morpholine rings is 1. The molecule has 1 aliphatic rings. The van der Waals surface area contributed by atoms with Crippen LogP contribution in [0.4, 0.5) is 5.69 Å². The maximum Gasteiger partial charge on any atom is 0.259 e. The van der Waals surface area contributed by atoms with Crippen molar-refractivity contribution in [2.75, 3.05) is 24.7 Å². The number of carbonyl (C=O) groups excluding carboxylic acids is 2. The molecule has 2 rings (SSSR count). The SMILES string of the molecule is CCNCc1ccc(N2C(=O)COCC2=O)cc1. The standard InChI is InChI=1S/C13H16N2O3/c1-2-14-7-10-3-5-11(6-4-10)15-12(16)8-18-9-13(15)17/h3-6,14H,2,7-9H2,1H3. The van der Waals surface area contributed by atoms with Gasteiger partial charge >= 0.3 is 0 Å². The molecule has 96 valence electrons. The summed E-state index contributed by atoms with van der Waals surface area (Å²) in [4.78, 5) is 24.4. The van der Waals surface area contributed by atoms with Gasteiger partial charge in [0.1, 0.15) is 13.2 Å². The van der Waals surface area contributed by atoms with Gasteiger partial charge in [-0.2, -0.15) is 0 Å². The number of ether oxygens (including phenoxy) is 1. The predicted octanol–water partition coefficient (Wildman–Crippen LogP) is 0.686. The molecule has 0 bridgehead atoms. The minimum Gasteiger partial charge on any atom is -0.362 e. The van der Waals surface area contributed by atoms with E-state index in [2.05, 4.69) is 5.32 Å². The number of carbonyl (C=O) groups is 2. The highest BCUT2D eigenvalue weighted by atomic mass is 16.5. The third-order valence-electron chi connectivity index (χ3n) is 2.72. The van der Waals surface area contributed by atoms with E-state index in [4.69, 9.17) is 4.74 Å². The third-order valence-corrected chi connectivity index (χ3v) is 2.72.